The molecule has 0 saturated carbocycles. The maximum atomic E-state index is 11.4. The quantitative estimate of drug-likeness (QED) is 0.621. The number of nitrogens with one attached hydrogen (secondary N) is 1. The first-order valence-electron chi connectivity index (χ1n) is 5.07. The zero-order valence-electron chi connectivity index (χ0n) is 9.69. The van der Waals surface area contributed by atoms with Crippen LogP contribution in [0.1, 0.15) is 11.5 Å². The summed E-state index contributed by atoms with van der Waals surface area (Å²) in [6, 6.07) is 2.57. The number of nitrogens with zero attached hydrogens (tertiary/aromatic N) is 3. The molecule has 0 radical (unpaired) electrons. The van der Waals surface area contributed by atoms with Crippen molar-refractivity contribution in [1.82, 2.24) is 14.8 Å². The molecule has 2 rings (SSSR count). The number of aromatic amines is 1. The summed E-state index contributed by atoms with van der Waals surface area (Å²) in [6.07, 6.45) is 2.63. The summed E-state index contributed by atoms with van der Waals surface area (Å²) in [5.41, 5.74) is -1.29. The van der Waals surface area contributed by atoms with Gasteiger partial charge in [-0.05, 0) is 18.2 Å². The van der Waals surface area contributed by atoms with E-state index in [1.807, 2.05) is 0 Å². The fraction of sp³-hybridized carbons (Fsp3) is 0.100. The minimum absolute atomic E-state index is 0.0128. The number of hydrogen-bond acceptors (Lipinski definition) is 6. The van der Waals surface area contributed by atoms with Crippen molar-refractivity contribution in [1.29, 1.82) is 0 Å². The Morgan fingerprint density at radius 1 is 1.42 bits per heavy atom. The predicted molar refractivity (Wildman–Crippen MR) is 64.4 cm³/mol. The van der Waals surface area contributed by atoms with Gasteiger partial charge in [-0.2, -0.15) is 5.10 Å². The lowest BCUT2D eigenvalue weighted by Crippen LogP contribution is -2.32. The Hall–Kier alpha value is -2.97. The van der Waals surface area contributed by atoms with Gasteiger partial charge in [0, 0.05) is 7.05 Å². The molecule has 0 spiro atoms. The molecule has 0 bridgehead atoms. The fourth-order valence-corrected chi connectivity index (χ4v) is 1.29. The second-order valence-corrected chi connectivity index (χ2v) is 3.53. The van der Waals surface area contributed by atoms with Crippen molar-refractivity contribution in [3.8, 4) is 0 Å². The average Bonchev–Trinajstić information content (AvgIpc) is 2.81. The highest BCUT2D eigenvalue weighted by molar-refractivity contribution is 5.65. The summed E-state index contributed by atoms with van der Waals surface area (Å²) in [5.74, 6) is -0.205. The minimum Gasteiger partial charge on any atom is -0.401 e. The van der Waals surface area contributed by atoms with Crippen LogP contribution in [0.15, 0.2) is 26.1 Å². The molecule has 2 heterocycles. The Bertz CT molecular complexity index is 767. The van der Waals surface area contributed by atoms with Gasteiger partial charge in [-0.15, -0.1) is 0 Å². The van der Waals surface area contributed by atoms with Gasteiger partial charge in [-0.3, -0.25) is 19.9 Å². The summed E-state index contributed by atoms with van der Waals surface area (Å²) in [5, 5.41) is 14.1. The van der Waals surface area contributed by atoms with Crippen LogP contribution in [0, 0.1) is 10.1 Å². The molecule has 0 atom stereocenters. The molecule has 9 heteroatoms. The van der Waals surface area contributed by atoms with Gasteiger partial charge in [0.2, 0.25) is 0 Å². The topological polar surface area (TPSA) is 124 Å². The summed E-state index contributed by atoms with van der Waals surface area (Å²) < 4.78 is 5.83. The van der Waals surface area contributed by atoms with E-state index in [0.29, 0.717) is 0 Å². The van der Waals surface area contributed by atoms with E-state index in [2.05, 4.69) is 10.1 Å². The maximum absolute atomic E-state index is 11.4. The van der Waals surface area contributed by atoms with E-state index in [1.165, 1.54) is 31.3 Å². The Morgan fingerprint density at radius 3 is 2.79 bits per heavy atom. The molecule has 1 N–H and O–H groups in total. The molecule has 0 unspecified atom stereocenters. The standard InChI is InChI=1S/C10H8N4O5/c1-13-10(16)11-9(15)7(12-13)4-2-6-3-5-8(19-6)14(17)18/h2-5H,1H3,(H,11,15,16)/b4-2+. The number of rotatable bonds is 3. The van der Waals surface area contributed by atoms with E-state index >= 15 is 0 Å². The average molecular weight is 264 g/mol. The highest BCUT2D eigenvalue weighted by Gasteiger charge is 2.10. The molecule has 2 aromatic rings. The fourth-order valence-electron chi connectivity index (χ4n) is 1.29. The second kappa shape index (κ2) is 4.72. The third-order valence-corrected chi connectivity index (χ3v) is 2.20. The van der Waals surface area contributed by atoms with Gasteiger partial charge in [-0.25, -0.2) is 9.48 Å². The van der Waals surface area contributed by atoms with Gasteiger partial charge in [0.15, 0.2) is 0 Å². The summed E-state index contributed by atoms with van der Waals surface area (Å²) in [6.45, 7) is 0. The molecule has 0 aromatic carbocycles. The zero-order chi connectivity index (χ0) is 14.0. The van der Waals surface area contributed by atoms with Crippen LogP contribution >= 0.6 is 0 Å². The van der Waals surface area contributed by atoms with Gasteiger partial charge in [-0.1, -0.05) is 0 Å². The first-order valence-corrected chi connectivity index (χ1v) is 5.07. The number of furan rings is 1. The van der Waals surface area contributed by atoms with Crippen LogP contribution in [0.5, 0.6) is 0 Å². The monoisotopic (exact) mass is 264 g/mol. The molecule has 0 fully saturated rings. The molecule has 98 valence electrons. The zero-order valence-corrected chi connectivity index (χ0v) is 9.69. The Morgan fingerprint density at radius 2 is 2.16 bits per heavy atom. The van der Waals surface area contributed by atoms with E-state index in [0.717, 1.165) is 4.68 Å². The lowest BCUT2D eigenvalue weighted by Gasteiger charge is -1.95. The molecular weight excluding hydrogens is 256 g/mol. The summed E-state index contributed by atoms with van der Waals surface area (Å²) in [4.78, 5) is 34.3. The van der Waals surface area contributed by atoms with Gasteiger partial charge in [0.1, 0.15) is 16.4 Å². The van der Waals surface area contributed by atoms with Crippen LogP contribution in [-0.4, -0.2) is 19.7 Å². The molecule has 2 aromatic heterocycles. The van der Waals surface area contributed by atoms with Crippen LogP contribution in [0.3, 0.4) is 0 Å². The van der Waals surface area contributed by atoms with Crippen molar-refractivity contribution in [2.24, 2.45) is 7.05 Å². The molecule has 0 aliphatic carbocycles. The van der Waals surface area contributed by atoms with Crippen molar-refractivity contribution < 1.29 is 9.34 Å². The highest BCUT2D eigenvalue weighted by atomic mass is 16.6. The highest BCUT2D eigenvalue weighted by Crippen LogP contribution is 2.16. The summed E-state index contributed by atoms with van der Waals surface area (Å²) in [7, 11) is 1.38. The van der Waals surface area contributed by atoms with Crippen LogP contribution in [0.4, 0.5) is 5.88 Å². The number of aryl methyl sites for hydroxylation is 1. The van der Waals surface area contributed by atoms with Crippen LogP contribution in [0.2, 0.25) is 0 Å². The van der Waals surface area contributed by atoms with Crippen LogP contribution in [-0.2, 0) is 7.05 Å². The third-order valence-electron chi connectivity index (χ3n) is 2.20. The maximum Gasteiger partial charge on any atom is 0.433 e. The van der Waals surface area contributed by atoms with Gasteiger partial charge < -0.3 is 4.42 Å². The molecule has 19 heavy (non-hydrogen) atoms. The van der Waals surface area contributed by atoms with E-state index in [9.17, 15) is 19.7 Å². The van der Waals surface area contributed by atoms with Crippen molar-refractivity contribution in [3.05, 3.63) is 54.5 Å². The van der Waals surface area contributed by atoms with E-state index in [4.69, 9.17) is 4.42 Å². The van der Waals surface area contributed by atoms with Crippen molar-refractivity contribution in [3.63, 3.8) is 0 Å². The minimum atomic E-state index is -0.672. The molecule has 0 amide bonds. The van der Waals surface area contributed by atoms with Crippen LogP contribution in [0.25, 0.3) is 12.2 Å². The van der Waals surface area contributed by atoms with Gasteiger partial charge in [0.25, 0.3) is 5.56 Å². The van der Waals surface area contributed by atoms with Crippen molar-refractivity contribution in [2.45, 2.75) is 0 Å². The van der Waals surface area contributed by atoms with E-state index < -0.39 is 22.1 Å². The van der Waals surface area contributed by atoms with Gasteiger partial charge >= 0.3 is 11.6 Å². The Labute approximate surface area is 105 Å². The molecule has 0 aliphatic rings. The SMILES string of the molecule is Cn1nc(/C=C/c2ccc([N+](=O)[O-])o2)c(=O)[nH]c1=O. The normalized spacial score (nSPS) is 11.0. The second-order valence-electron chi connectivity index (χ2n) is 3.53. The number of nitro groups is 1. The first kappa shape index (κ1) is 12.5. The summed E-state index contributed by atoms with van der Waals surface area (Å²) >= 11 is 0. The van der Waals surface area contributed by atoms with Crippen molar-refractivity contribution in [2.75, 3.05) is 0 Å². The lowest BCUT2D eigenvalue weighted by molar-refractivity contribution is -0.402. The molecule has 9 nitrogen and oxygen atoms in total. The molecule has 0 saturated heterocycles. The van der Waals surface area contributed by atoms with Crippen LogP contribution < -0.4 is 11.2 Å². The molecular formula is C10H8N4O5. The smallest absolute Gasteiger partial charge is 0.401 e. The predicted octanol–water partition coefficient (Wildman–Crippen LogP) is 0.140. The van der Waals surface area contributed by atoms with E-state index in [-0.39, 0.29) is 11.5 Å². The molecule has 0 aliphatic heterocycles. The Kier molecular flexibility index (Phi) is 3.10. The largest absolute Gasteiger partial charge is 0.433 e. The van der Waals surface area contributed by atoms with Gasteiger partial charge in [0.05, 0.1) is 6.07 Å². The third kappa shape index (κ3) is 2.65. The number of aromatic nitrogens is 3. The lowest BCUT2D eigenvalue weighted by atomic mass is 10.3. The number of H-pyrrole nitrogens is 1. The van der Waals surface area contributed by atoms with Crippen molar-refractivity contribution >= 4 is 18.0 Å². The first-order chi connectivity index (χ1) is 8.97. The van der Waals surface area contributed by atoms with E-state index in [1.54, 1.807) is 0 Å². The number of hydrogen-bond donors (Lipinski definition) is 1. The Balaban J connectivity index is 2.32.